The minimum absolute atomic E-state index is 0.234. The summed E-state index contributed by atoms with van der Waals surface area (Å²) in [5.74, 6) is -0.523. The van der Waals surface area contributed by atoms with Crippen LogP contribution in [0.1, 0.15) is 17.3 Å². The molecule has 2 aromatic carbocycles. The SMILES string of the molecule is CCOC(=O)c1c(-c2ccccc2)c(=O)oc2ccccc12. The van der Waals surface area contributed by atoms with Gasteiger partial charge >= 0.3 is 11.6 Å². The highest BCUT2D eigenvalue weighted by molar-refractivity contribution is 6.08. The van der Waals surface area contributed by atoms with Gasteiger partial charge in [0.15, 0.2) is 0 Å². The third-order valence-electron chi connectivity index (χ3n) is 3.36. The highest BCUT2D eigenvalue weighted by Crippen LogP contribution is 2.27. The average molecular weight is 294 g/mol. The van der Waals surface area contributed by atoms with Gasteiger partial charge in [0.25, 0.3) is 0 Å². The predicted molar refractivity (Wildman–Crippen MR) is 83.9 cm³/mol. The second-order valence-corrected chi connectivity index (χ2v) is 4.72. The normalized spacial score (nSPS) is 10.6. The Labute approximate surface area is 127 Å². The molecular weight excluding hydrogens is 280 g/mol. The molecule has 0 N–H and O–H groups in total. The number of hydrogen-bond donors (Lipinski definition) is 0. The van der Waals surface area contributed by atoms with Crippen LogP contribution in [0.2, 0.25) is 0 Å². The molecule has 0 spiro atoms. The van der Waals surface area contributed by atoms with Crippen molar-refractivity contribution in [1.82, 2.24) is 0 Å². The summed E-state index contributed by atoms with van der Waals surface area (Å²) in [6, 6.07) is 15.9. The van der Waals surface area contributed by atoms with Crippen LogP contribution in [-0.4, -0.2) is 12.6 Å². The van der Waals surface area contributed by atoms with E-state index >= 15 is 0 Å². The Morgan fingerprint density at radius 1 is 1.05 bits per heavy atom. The minimum Gasteiger partial charge on any atom is -0.462 e. The average Bonchev–Trinajstić information content (AvgIpc) is 2.54. The quantitative estimate of drug-likeness (QED) is 0.546. The molecular formula is C18H14O4. The minimum atomic E-state index is -0.548. The molecule has 3 rings (SSSR count). The van der Waals surface area contributed by atoms with Crippen LogP contribution in [0.5, 0.6) is 0 Å². The van der Waals surface area contributed by atoms with Gasteiger partial charge in [-0.25, -0.2) is 9.59 Å². The molecule has 1 heterocycles. The first-order valence-corrected chi connectivity index (χ1v) is 7.00. The van der Waals surface area contributed by atoms with Gasteiger partial charge in [-0.05, 0) is 18.6 Å². The van der Waals surface area contributed by atoms with Crippen molar-refractivity contribution in [3.8, 4) is 11.1 Å². The van der Waals surface area contributed by atoms with E-state index < -0.39 is 11.6 Å². The monoisotopic (exact) mass is 294 g/mol. The Morgan fingerprint density at radius 2 is 1.73 bits per heavy atom. The number of fused-ring (bicyclic) bond motifs is 1. The summed E-state index contributed by atoms with van der Waals surface area (Å²) in [6.45, 7) is 1.97. The molecule has 0 fully saturated rings. The first-order chi connectivity index (χ1) is 10.7. The van der Waals surface area contributed by atoms with Crippen LogP contribution < -0.4 is 5.63 Å². The van der Waals surface area contributed by atoms with Crippen LogP contribution in [0, 0.1) is 0 Å². The van der Waals surface area contributed by atoms with Gasteiger partial charge in [0.2, 0.25) is 0 Å². The van der Waals surface area contributed by atoms with E-state index in [1.54, 1.807) is 55.5 Å². The van der Waals surface area contributed by atoms with Crippen LogP contribution in [0.25, 0.3) is 22.1 Å². The fourth-order valence-electron chi connectivity index (χ4n) is 2.43. The van der Waals surface area contributed by atoms with E-state index in [9.17, 15) is 9.59 Å². The Hall–Kier alpha value is -2.88. The summed E-state index contributed by atoms with van der Waals surface area (Å²) in [4.78, 5) is 24.8. The molecule has 1 aromatic heterocycles. The molecule has 0 unspecified atom stereocenters. The van der Waals surface area contributed by atoms with Crippen molar-refractivity contribution in [2.45, 2.75) is 6.92 Å². The van der Waals surface area contributed by atoms with Crippen molar-refractivity contribution >= 4 is 16.9 Å². The second-order valence-electron chi connectivity index (χ2n) is 4.72. The van der Waals surface area contributed by atoms with Crippen LogP contribution in [0.3, 0.4) is 0 Å². The molecule has 0 radical (unpaired) electrons. The summed E-state index contributed by atoms with van der Waals surface area (Å²) in [5.41, 5.74) is 0.936. The number of esters is 1. The van der Waals surface area contributed by atoms with Crippen molar-refractivity contribution in [3.63, 3.8) is 0 Å². The molecule has 0 saturated carbocycles. The first-order valence-electron chi connectivity index (χ1n) is 7.00. The van der Waals surface area contributed by atoms with E-state index in [0.29, 0.717) is 16.5 Å². The van der Waals surface area contributed by atoms with Gasteiger partial charge in [0.05, 0.1) is 17.7 Å². The van der Waals surface area contributed by atoms with Gasteiger partial charge in [0.1, 0.15) is 5.58 Å². The van der Waals surface area contributed by atoms with E-state index in [0.717, 1.165) is 0 Å². The van der Waals surface area contributed by atoms with Gasteiger partial charge in [-0.15, -0.1) is 0 Å². The van der Waals surface area contributed by atoms with Crippen LogP contribution in [0.15, 0.2) is 63.8 Å². The van der Waals surface area contributed by atoms with Crippen molar-refractivity contribution in [1.29, 1.82) is 0 Å². The summed E-state index contributed by atoms with van der Waals surface area (Å²) < 4.78 is 10.5. The molecule has 0 amide bonds. The first kappa shape index (κ1) is 14.1. The molecule has 110 valence electrons. The van der Waals surface area contributed by atoms with Crippen molar-refractivity contribution in [2.75, 3.05) is 6.61 Å². The number of benzene rings is 2. The number of carbonyl (C=O) groups excluding carboxylic acids is 1. The largest absolute Gasteiger partial charge is 0.462 e. The number of ether oxygens (including phenoxy) is 1. The van der Waals surface area contributed by atoms with Gasteiger partial charge < -0.3 is 9.15 Å². The second kappa shape index (κ2) is 5.85. The molecule has 0 aliphatic rings. The van der Waals surface area contributed by atoms with E-state index in [4.69, 9.17) is 9.15 Å². The lowest BCUT2D eigenvalue weighted by Crippen LogP contribution is -2.14. The fraction of sp³-hybridized carbons (Fsp3) is 0.111. The topological polar surface area (TPSA) is 56.5 Å². The van der Waals surface area contributed by atoms with E-state index in [1.165, 1.54) is 0 Å². The van der Waals surface area contributed by atoms with Crippen LogP contribution in [0.4, 0.5) is 0 Å². The van der Waals surface area contributed by atoms with Gasteiger partial charge in [0, 0.05) is 5.39 Å². The van der Waals surface area contributed by atoms with Crippen molar-refractivity contribution < 1.29 is 13.9 Å². The zero-order chi connectivity index (χ0) is 15.5. The molecule has 0 bridgehead atoms. The van der Waals surface area contributed by atoms with E-state index in [-0.39, 0.29) is 17.7 Å². The number of para-hydroxylation sites is 1. The Balaban J connectivity index is 2.40. The van der Waals surface area contributed by atoms with Crippen molar-refractivity contribution in [3.05, 3.63) is 70.6 Å². The Morgan fingerprint density at radius 3 is 2.45 bits per heavy atom. The number of carbonyl (C=O) groups is 1. The Kier molecular flexibility index (Phi) is 3.74. The summed E-state index contributed by atoms with van der Waals surface area (Å²) in [5, 5.41) is 0.569. The summed E-state index contributed by atoms with van der Waals surface area (Å²) >= 11 is 0. The van der Waals surface area contributed by atoms with E-state index in [1.807, 2.05) is 6.07 Å². The molecule has 0 aliphatic heterocycles. The molecule has 4 nitrogen and oxygen atoms in total. The summed E-state index contributed by atoms with van der Waals surface area (Å²) in [7, 11) is 0. The van der Waals surface area contributed by atoms with E-state index in [2.05, 4.69) is 0 Å². The lowest BCUT2D eigenvalue weighted by molar-refractivity contribution is 0.0529. The molecule has 3 aromatic rings. The maximum absolute atomic E-state index is 12.4. The lowest BCUT2D eigenvalue weighted by Gasteiger charge is -2.10. The van der Waals surface area contributed by atoms with Gasteiger partial charge in [-0.3, -0.25) is 0 Å². The smallest absolute Gasteiger partial charge is 0.345 e. The lowest BCUT2D eigenvalue weighted by atomic mass is 9.98. The molecule has 22 heavy (non-hydrogen) atoms. The van der Waals surface area contributed by atoms with Crippen molar-refractivity contribution in [2.24, 2.45) is 0 Å². The molecule has 0 saturated heterocycles. The van der Waals surface area contributed by atoms with Crippen LogP contribution >= 0.6 is 0 Å². The molecule has 4 heteroatoms. The number of rotatable bonds is 3. The maximum Gasteiger partial charge on any atom is 0.345 e. The highest BCUT2D eigenvalue weighted by Gasteiger charge is 2.22. The highest BCUT2D eigenvalue weighted by atomic mass is 16.5. The zero-order valence-corrected chi connectivity index (χ0v) is 12.0. The van der Waals surface area contributed by atoms with Gasteiger partial charge in [-0.1, -0.05) is 48.5 Å². The fourth-order valence-corrected chi connectivity index (χ4v) is 2.43. The molecule has 0 atom stereocenters. The summed E-state index contributed by atoms with van der Waals surface area (Å²) in [6.07, 6.45) is 0. The zero-order valence-electron chi connectivity index (χ0n) is 12.0. The Bertz CT molecular complexity index is 878. The predicted octanol–water partition coefficient (Wildman–Crippen LogP) is 3.64. The maximum atomic E-state index is 12.4. The third kappa shape index (κ3) is 2.39. The van der Waals surface area contributed by atoms with Gasteiger partial charge in [-0.2, -0.15) is 0 Å². The standard InChI is InChI=1S/C18H14O4/c1-2-21-17(19)16-13-10-6-7-11-14(13)22-18(20)15(16)12-8-4-3-5-9-12/h3-11H,2H2,1H3. The third-order valence-corrected chi connectivity index (χ3v) is 3.36. The van der Waals surface area contributed by atoms with Crippen LogP contribution in [-0.2, 0) is 4.74 Å². The molecule has 0 aliphatic carbocycles. The number of hydrogen-bond acceptors (Lipinski definition) is 4.